The van der Waals surface area contributed by atoms with Crippen LogP contribution in [0.25, 0.3) is 0 Å². The molecule has 7 heteroatoms. The van der Waals surface area contributed by atoms with Gasteiger partial charge in [-0.3, -0.25) is 14.4 Å². The lowest BCUT2D eigenvalue weighted by molar-refractivity contribution is -0.147. The first-order valence-corrected chi connectivity index (χ1v) is 8.85. The lowest BCUT2D eigenvalue weighted by atomic mass is 10.1. The number of carboxylic acid groups (broad SMARTS) is 1. The number of halogens is 1. The van der Waals surface area contributed by atoms with Gasteiger partial charge in [0, 0.05) is 24.5 Å². The Morgan fingerprint density at radius 1 is 1.12 bits per heavy atom. The molecule has 1 aliphatic heterocycles. The number of likely N-dealkylation sites (tertiary alicyclic amines) is 1. The zero-order valence-corrected chi connectivity index (χ0v) is 14.9. The maximum atomic E-state index is 12.6. The zero-order valence-electron chi connectivity index (χ0n) is 14.1. The Morgan fingerprint density at radius 2 is 1.80 bits per heavy atom. The van der Waals surface area contributed by atoms with Crippen molar-refractivity contribution in [1.82, 2.24) is 9.80 Å². The second kappa shape index (κ2) is 9.42. The second-order valence-corrected chi connectivity index (χ2v) is 6.69. The summed E-state index contributed by atoms with van der Waals surface area (Å²) < 4.78 is 0. The van der Waals surface area contributed by atoms with E-state index >= 15 is 0 Å². The Balaban J connectivity index is 2.04. The Morgan fingerprint density at radius 3 is 2.48 bits per heavy atom. The van der Waals surface area contributed by atoms with E-state index in [1.54, 1.807) is 29.2 Å². The summed E-state index contributed by atoms with van der Waals surface area (Å²) in [5.41, 5.74) is 0.790. The minimum absolute atomic E-state index is 0.0326. The van der Waals surface area contributed by atoms with Gasteiger partial charge >= 0.3 is 5.97 Å². The van der Waals surface area contributed by atoms with Gasteiger partial charge in [0.1, 0.15) is 6.54 Å². The molecule has 0 unspecified atom stereocenters. The van der Waals surface area contributed by atoms with Gasteiger partial charge in [-0.25, -0.2) is 0 Å². The number of amides is 2. The molecule has 1 saturated heterocycles. The fourth-order valence-corrected chi connectivity index (χ4v) is 2.98. The highest BCUT2D eigenvalue weighted by Crippen LogP contribution is 2.14. The number of hydrogen-bond donors (Lipinski definition) is 1. The van der Waals surface area contributed by atoms with Crippen molar-refractivity contribution in [1.29, 1.82) is 0 Å². The molecule has 0 atom stereocenters. The largest absolute Gasteiger partial charge is 0.480 e. The van der Waals surface area contributed by atoms with Crippen LogP contribution in [0.2, 0.25) is 5.02 Å². The smallest absolute Gasteiger partial charge is 0.323 e. The molecule has 2 rings (SSSR count). The van der Waals surface area contributed by atoms with Crippen molar-refractivity contribution >= 4 is 29.4 Å². The lowest BCUT2D eigenvalue weighted by Gasteiger charge is -2.28. The van der Waals surface area contributed by atoms with Crippen LogP contribution in [0, 0.1) is 0 Å². The molecule has 0 aromatic heterocycles. The average Bonchev–Trinajstić information content (AvgIpc) is 2.55. The maximum absolute atomic E-state index is 12.6. The predicted molar refractivity (Wildman–Crippen MR) is 94.2 cm³/mol. The van der Waals surface area contributed by atoms with Gasteiger partial charge in [-0.1, -0.05) is 36.6 Å². The minimum atomic E-state index is -1.08. The number of nitrogens with zero attached hydrogens (tertiary/aromatic N) is 2. The third-order valence-electron chi connectivity index (χ3n) is 4.21. The number of carbonyl (C=O) groups excluding carboxylic acids is 2. The number of aliphatic carboxylic acids is 1. The van der Waals surface area contributed by atoms with Crippen LogP contribution in [0.4, 0.5) is 0 Å². The zero-order chi connectivity index (χ0) is 18.2. The molecule has 136 valence electrons. The average molecular weight is 367 g/mol. The molecule has 0 radical (unpaired) electrons. The molecule has 2 amide bonds. The summed E-state index contributed by atoms with van der Waals surface area (Å²) in [5.74, 6) is -1.47. The van der Waals surface area contributed by atoms with Crippen LogP contribution in [-0.4, -0.2) is 52.3 Å². The Kier molecular flexibility index (Phi) is 7.25. The van der Waals surface area contributed by atoms with E-state index in [-0.39, 0.29) is 24.9 Å². The van der Waals surface area contributed by atoms with E-state index in [0.29, 0.717) is 18.0 Å². The summed E-state index contributed by atoms with van der Waals surface area (Å²) in [4.78, 5) is 38.7. The van der Waals surface area contributed by atoms with Crippen LogP contribution in [0.5, 0.6) is 0 Å². The Labute approximate surface area is 152 Å². The van der Waals surface area contributed by atoms with Crippen molar-refractivity contribution in [2.75, 3.05) is 19.6 Å². The van der Waals surface area contributed by atoms with Crippen molar-refractivity contribution in [3.05, 3.63) is 34.9 Å². The molecule has 1 heterocycles. The third-order valence-corrected chi connectivity index (χ3v) is 4.46. The number of carboxylic acids is 1. The summed E-state index contributed by atoms with van der Waals surface area (Å²) >= 11 is 5.85. The van der Waals surface area contributed by atoms with Gasteiger partial charge in [0.05, 0.1) is 6.54 Å². The topological polar surface area (TPSA) is 77.9 Å². The standard InChI is InChI=1S/C18H23ClN2O4/c19-15-8-6-14(7-9-15)11-21(13-18(24)25)17(23)12-20-10-4-2-1-3-5-16(20)22/h6-9H,1-5,10-13H2,(H,24,25). The van der Waals surface area contributed by atoms with Crippen LogP contribution in [0.1, 0.15) is 37.7 Å². The molecule has 1 aromatic carbocycles. The summed E-state index contributed by atoms with van der Waals surface area (Å²) in [6.07, 6.45) is 4.24. The van der Waals surface area contributed by atoms with Crippen molar-refractivity contribution in [3.63, 3.8) is 0 Å². The van der Waals surface area contributed by atoms with E-state index in [1.807, 2.05) is 0 Å². The Hall–Kier alpha value is -2.08. The van der Waals surface area contributed by atoms with Crippen molar-refractivity contribution < 1.29 is 19.5 Å². The highest BCUT2D eigenvalue weighted by Gasteiger charge is 2.23. The highest BCUT2D eigenvalue weighted by atomic mass is 35.5. The lowest BCUT2D eigenvalue weighted by Crippen LogP contribution is -2.45. The van der Waals surface area contributed by atoms with Crippen molar-refractivity contribution in [2.45, 2.75) is 38.6 Å². The van der Waals surface area contributed by atoms with Crippen LogP contribution < -0.4 is 0 Å². The number of rotatable bonds is 6. The first-order valence-electron chi connectivity index (χ1n) is 8.47. The van der Waals surface area contributed by atoms with Gasteiger partial charge in [-0.05, 0) is 30.5 Å². The minimum Gasteiger partial charge on any atom is -0.480 e. The molecule has 0 aliphatic carbocycles. The van der Waals surface area contributed by atoms with Gasteiger partial charge < -0.3 is 14.9 Å². The fraction of sp³-hybridized carbons (Fsp3) is 0.500. The molecule has 1 aliphatic rings. The Bertz CT molecular complexity index is 618. The molecule has 0 spiro atoms. The number of benzene rings is 1. The van der Waals surface area contributed by atoms with Crippen LogP contribution in [0.15, 0.2) is 24.3 Å². The van der Waals surface area contributed by atoms with E-state index in [1.165, 1.54) is 4.90 Å². The van der Waals surface area contributed by atoms with Gasteiger partial charge in [0.15, 0.2) is 0 Å². The fourth-order valence-electron chi connectivity index (χ4n) is 2.85. The SMILES string of the molecule is O=C(O)CN(Cc1ccc(Cl)cc1)C(=O)CN1CCCCCCC1=O. The molecule has 0 bridgehead atoms. The monoisotopic (exact) mass is 366 g/mol. The summed E-state index contributed by atoms with van der Waals surface area (Å²) in [5, 5.41) is 9.67. The quantitative estimate of drug-likeness (QED) is 0.839. The van der Waals surface area contributed by atoms with E-state index in [2.05, 4.69) is 0 Å². The second-order valence-electron chi connectivity index (χ2n) is 6.25. The van der Waals surface area contributed by atoms with E-state index in [4.69, 9.17) is 16.7 Å². The van der Waals surface area contributed by atoms with E-state index < -0.39 is 12.5 Å². The predicted octanol–water partition coefficient (Wildman–Crippen LogP) is 2.55. The third kappa shape index (κ3) is 6.38. The first-order chi connectivity index (χ1) is 12.0. The van der Waals surface area contributed by atoms with Gasteiger partial charge in [-0.2, -0.15) is 0 Å². The highest BCUT2D eigenvalue weighted by molar-refractivity contribution is 6.30. The molecule has 1 aromatic rings. The summed E-state index contributed by atoms with van der Waals surface area (Å²) in [6, 6.07) is 6.90. The van der Waals surface area contributed by atoms with E-state index in [9.17, 15) is 14.4 Å². The summed E-state index contributed by atoms with van der Waals surface area (Å²) in [6.45, 7) is 0.250. The van der Waals surface area contributed by atoms with E-state index in [0.717, 1.165) is 31.2 Å². The molecule has 1 N–H and O–H groups in total. The number of hydrogen-bond acceptors (Lipinski definition) is 3. The normalized spacial score (nSPS) is 15.4. The first kappa shape index (κ1) is 19.2. The van der Waals surface area contributed by atoms with Crippen molar-refractivity contribution in [3.8, 4) is 0 Å². The molecule has 0 saturated carbocycles. The molecule has 25 heavy (non-hydrogen) atoms. The number of carbonyl (C=O) groups is 3. The van der Waals surface area contributed by atoms with Crippen molar-refractivity contribution in [2.24, 2.45) is 0 Å². The van der Waals surface area contributed by atoms with Crippen LogP contribution in [0.3, 0.4) is 0 Å². The maximum Gasteiger partial charge on any atom is 0.323 e. The molecule has 1 fully saturated rings. The van der Waals surface area contributed by atoms with Gasteiger partial charge in [0.2, 0.25) is 11.8 Å². The van der Waals surface area contributed by atoms with Crippen LogP contribution >= 0.6 is 11.6 Å². The van der Waals surface area contributed by atoms with Crippen LogP contribution in [-0.2, 0) is 20.9 Å². The molecular formula is C18H23ClN2O4. The molecule has 6 nitrogen and oxygen atoms in total. The van der Waals surface area contributed by atoms with Gasteiger partial charge in [0.25, 0.3) is 0 Å². The summed E-state index contributed by atoms with van der Waals surface area (Å²) in [7, 11) is 0. The molecular weight excluding hydrogens is 344 g/mol. The van der Waals surface area contributed by atoms with Gasteiger partial charge in [-0.15, -0.1) is 0 Å².